The maximum atomic E-state index is 5.56. The van der Waals surface area contributed by atoms with Crippen molar-refractivity contribution in [2.24, 2.45) is 7.05 Å². The average Bonchev–Trinajstić information content (AvgIpc) is 3.43. The number of hydrogen-bond acceptors (Lipinski definition) is 5. The third-order valence-electron chi connectivity index (χ3n) is 6.12. The lowest BCUT2D eigenvalue weighted by molar-refractivity contribution is 0.203. The zero-order valence-electron chi connectivity index (χ0n) is 16.5. The molecule has 28 heavy (non-hydrogen) atoms. The Morgan fingerprint density at radius 2 is 1.93 bits per heavy atom. The van der Waals surface area contributed by atoms with Gasteiger partial charge in [-0.05, 0) is 50.6 Å². The van der Waals surface area contributed by atoms with Crippen LogP contribution in [0.15, 0.2) is 34.9 Å². The lowest BCUT2D eigenvalue weighted by Crippen LogP contribution is -2.25. The standard InChI is InChI=1S/C22H27N5O/c1-26-18-11-6-5-10-17(18)23-22(26)19-12-7-13-27(19)15-21-24-20(25-28-21)14-16-8-3-2-4-9-16/h2-4,8-9,19H,5-7,10-15H2,1H3/t19-/m1/s1. The highest BCUT2D eigenvalue weighted by molar-refractivity contribution is 5.22. The molecule has 0 unspecified atom stereocenters. The monoisotopic (exact) mass is 377 g/mol. The van der Waals surface area contributed by atoms with E-state index in [9.17, 15) is 0 Å². The van der Waals surface area contributed by atoms with Crippen molar-refractivity contribution in [3.8, 4) is 0 Å². The van der Waals surface area contributed by atoms with Gasteiger partial charge < -0.3 is 9.09 Å². The second-order valence-electron chi connectivity index (χ2n) is 8.02. The number of fused-ring (bicyclic) bond motifs is 1. The Labute approximate surface area is 165 Å². The molecular weight excluding hydrogens is 350 g/mol. The van der Waals surface area contributed by atoms with Crippen LogP contribution in [-0.2, 0) is 32.9 Å². The molecule has 5 rings (SSSR count). The third kappa shape index (κ3) is 3.37. The smallest absolute Gasteiger partial charge is 0.240 e. The quantitative estimate of drug-likeness (QED) is 0.680. The molecule has 146 valence electrons. The van der Waals surface area contributed by atoms with Gasteiger partial charge in [0.1, 0.15) is 5.82 Å². The molecule has 0 amide bonds. The SMILES string of the molecule is Cn1c([C@H]2CCCN2Cc2nc(Cc3ccccc3)no2)nc2c1CCCC2. The van der Waals surface area contributed by atoms with Crippen molar-refractivity contribution in [2.75, 3.05) is 6.54 Å². The van der Waals surface area contributed by atoms with E-state index in [1.165, 1.54) is 42.0 Å². The minimum atomic E-state index is 0.347. The highest BCUT2D eigenvalue weighted by Gasteiger charge is 2.32. The Hall–Kier alpha value is -2.47. The summed E-state index contributed by atoms with van der Waals surface area (Å²) in [5, 5.41) is 4.19. The van der Waals surface area contributed by atoms with Gasteiger partial charge in [0.25, 0.3) is 0 Å². The molecule has 0 radical (unpaired) electrons. The molecule has 2 aliphatic rings. The largest absolute Gasteiger partial charge is 0.338 e. The molecule has 0 spiro atoms. The minimum absolute atomic E-state index is 0.347. The van der Waals surface area contributed by atoms with Gasteiger partial charge in [0.2, 0.25) is 5.89 Å². The van der Waals surface area contributed by atoms with E-state index >= 15 is 0 Å². The Bertz CT molecular complexity index is 945. The van der Waals surface area contributed by atoms with Crippen LogP contribution in [0.25, 0.3) is 0 Å². The predicted octanol–water partition coefficient (Wildman–Crippen LogP) is 3.61. The molecule has 1 atom stereocenters. The van der Waals surface area contributed by atoms with Gasteiger partial charge in [0.05, 0.1) is 18.3 Å². The molecule has 2 aromatic heterocycles. The molecule has 1 aliphatic carbocycles. The van der Waals surface area contributed by atoms with E-state index in [4.69, 9.17) is 9.51 Å². The lowest BCUT2D eigenvalue weighted by Gasteiger charge is -2.22. The fraction of sp³-hybridized carbons (Fsp3) is 0.500. The predicted molar refractivity (Wildman–Crippen MR) is 106 cm³/mol. The van der Waals surface area contributed by atoms with Crippen LogP contribution in [-0.4, -0.2) is 31.1 Å². The van der Waals surface area contributed by atoms with Crippen molar-refractivity contribution in [3.63, 3.8) is 0 Å². The van der Waals surface area contributed by atoms with Crippen molar-refractivity contribution in [2.45, 2.75) is 57.5 Å². The Balaban J connectivity index is 1.31. The Kier molecular flexibility index (Phi) is 4.72. The number of aromatic nitrogens is 4. The maximum Gasteiger partial charge on any atom is 0.240 e. The summed E-state index contributed by atoms with van der Waals surface area (Å²) in [6.07, 6.45) is 7.89. The maximum absolute atomic E-state index is 5.56. The van der Waals surface area contributed by atoms with E-state index < -0.39 is 0 Å². The Morgan fingerprint density at radius 3 is 2.79 bits per heavy atom. The molecule has 0 N–H and O–H groups in total. The summed E-state index contributed by atoms with van der Waals surface area (Å²) in [7, 11) is 2.19. The second kappa shape index (κ2) is 7.51. The second-order valence-corrected chi connectivity index (χ2v) is 8.02. The molecule has 0 saturated carbocycles. The van der Waals surface area contributed by atoms with Gasteiger partial charge in [-0.15, -0.1) is 0 Å². The number of nitrogens with zero attached hydrogens (tertiary/aromatic N) is 5. The summed E-state index contributed by atoms with van der Waals surface area (Å²) in [5.74, 6) is 2.68. The minimum Gasteiger partial charge on any atom is -0.338 e. The number of rotatable bonds is 5. The van der Waals surface area contributed by atoms with Crippen molar-refractivity contribution < 1.29 is 4.52 Å². The van der Waals surface area contributed by atoms with E-state index in [0.29, 0.717) is 24.9 Å². The lowest BCUT2D eigenvalue weighted by atomic mass is 10.0. The van der Waals surface area contributed by atoms with Crippen LogP contribution in [0, 0.1) is 0 Å². The van der Waals surface area contributed by atoms with Gasteiger partial charge in [-0.1, -0.05) is 35.5 Å². The first kappa shape index (κ1) is 17.6. The molecule has 1 saturated heterocycles. The zero-order valence-corrected chi connectivity index (χ0v) is 16.5. The van der Waals surface area contributed by atoms with Gasteiger partial charge in [-0.2, -0.15) is 4.98 Å². The summed E-state index contributed by atoms with van der Waals surface area (Å²) in [6, 6.07) is 10.6. The van der Waals surface area contributed by atoms with Gasteiger partial charge >= 0.3 is 0 Å². The number of aryl methyl sites for hydroxylation is 1. The van der Waals surface area contributed by atoms with Crippen LogP contribution >= 0.6 is 0 Å². The molecule has 3 heterocycles. The van der Waals surface area contributed by atoms with Crippen LogP contribution in [0.4, 0.5) is 0 Å². The molecule has 6 heteroatoms. The van der Waals surface area contributed by atoms with Gasteiger partial charge in [-0.3, -0.25) is 4.90 Å². The highest BCUT2D eigenvalue weighted by atomic mass is 16.5. The number of likely N-dealkylation sites (tertiary alicyclic amines) is 1. The highest BCUT2D eigenvalue weighted by Crippen LogP contribution is 2.34. The van der Waals surface area contributed by atoms with Gasteiger partial charge in [0, 0.05) is 19.2 Å². The summed E-state index contributed by atoms with van der Waals surface area (Å²) in [4.78, 5) is 12.1. The zero-order chi connectivity index (χ0) is 18.9. The van der Waals surface area contributed by atoms with Crippen LogP contribution in [0.2, 0.25) is 0 Å². The van der Waals surface area contributed by atoms with Crippen molar-refractivity contribution in [1.29, 1.82) is 0 Å². The van der Waals surface area contributed by atoms with E-state index in [1.54, 1.807) is 0 Å². The first-order valence-electron chi connectivity index (χ1n) is 10.4. The average molecular weight is 377 g/mol. The summed E-state index contributed by atoms with van der Waals surface area (Å²) in [6.45, 7) is 1.75. The van der Waals surface area contributed by atoms with Crippen LogP contribution in [0.5, 0.6) is 0 Å². The molecule has 6 nitrogen and oxygen atoms in total. The van der Waals surface area contributed by atoms with E-state index in [-0.39, 0.29) is 0 Å². The molecular formula is C22H27N5O. The van der Waals surface area contributed by atoms with Crippen molar-refractivity contribution in [3.05, 3.63) is 64.8 Å². The first-order valence-corrected chi connectivity index (χ1v) is 10.4. The Morgan fingerprint density at radius 1 is 1.07 bits per heavy atom. The molecule has 1 aliphatic heterocycles. The number of hydrogen-bond donors (Lipinski definition) is 0. The normalized spacial score (nSPS) is 19.8. The number of benzene rings is 1. The van der Waals surface area contributed by atoms with Gasteiger partial charge in [-0.25, -0.2) is 4.98 Å². The third-order valence-corrected chi connectivity index (χ3v) is 6.12. The molecule has 0 bridgehead atoms. The van der Waals surface area contributed by atoms with E-state index in [0.717, 1.165) is 31.6 Å². The van der Waals surface area contributed by atoms with Crippen molar-refractivity contribution >= 4 is 0 Å². The fourth-order valence-corrected chi connectivity index (χ4v) is 4.69. The van der Waals surface area contributed by atoms with Crippen LogP contribution in [0.1, 0.15) is 66.2 Å². The fourth-order valence-electron chi connectivity index (χ4n) is 4.69. The van der Waals surface area contributed by atoms with Crippen molar-refractivity contribution in [1.82, 2.24) is 24.6 Å². The molecule has 1 fully saturated rings. The molecule has 3 aromatic rings. The summed E-state index contributed by atoms with van der Waals surface area (Å²) >= 11 is 0. The van der Waals surface area contributed by atoms with Crippen LogP contribution < -0.4 is 0 Å². The van der Waals surface area contributed by atoms with Gasteiger partial charge in [0.15, 0.2) is 5.82 Å². The topological polar surface area (TPSA) is 60.0 Å². The molecule has 1 aromatic carbocycles. The van der Waals surface area contributed by atoms with E-state index in [2.05, 4.69) is 38.8 Å². The summed E-state index contributed by atoms with van der Waals surface area (Å²) in [5.41, 5.74) is 3.96. The number of imidazole rings is 1. The van der Waals surface area contributed by atoms with Crippen LogP contribution in [0.3, 0.4) is 0 Å². The van der Waals surface area contributed by atoms with E-state index in [1.807, 2.05) is 18.2 Å². The first-order chi connectivity index (χ1) is 13.8. The summed E-state index contributed by atoms with van der Waals surface area (Å²) < 4.78 is 7.92.